The number of benzene rings is 1. The number of aryl methyl sites for hydroxylation is 1. The SMILES string of the molecule is CCOC(=O)c1c(NC(=O)c2cnn3c2NC(c2cccc(OC)c2)CC3C(F)(F)F)sc2c1CCCC2. The van der Waals surface area contributed by atoms with Crippen LogP contribution >= 0.6 is 11.3 Å². The van der Waals surface area contributed by atoms with Crippen molar-refractivity contribution in [1.82, 2.24) is 9.78 Å². The number of carbonyl (C=O) groups excluding carboxylic acids is 2. The molecule has 0 bridgehead atoms. The van der Waals surface area contributed by atoms with Crippen LogP contribution in [0.2, 0.25) is 0 Å². The fourth-order valence-electron chi connectivity index (χ4n) is 5.05. The minimum Gasteiger partial charge on any atom is -0.497 e. The summed E-state index contributed by atoms with van der Waals surface area (Å²) in [7, 11) is 1.48. The van der Waals surface area contributed by atoms with Crippen LogP contribution in [0, 0.1) is 0 Å². The Kier molecular flexibility index (Phi) is 7.08. The van der Waals surface area contributed by atoms with Crippen molar-refractivity contribution < 1.29 is 32.2 Å². The van der Waals surface area contributed by atoms with Gasteiger partial charge < -0.3 is 20.1 Å². The summed E-state index contributed by atoms with van der Waals surface area (Å²) in [4.78, 5) is 27.2. The van der Waals surface area contributed by atoms with Gasteiger partial charge >= 0.3 is 12.1 Å². The lowest BCUT2D eigenvalue weighted by Crippen LogP contribution is -2.36. The van der Waals surface area contributed by atoms with Crippen molar-refractivity contribution in [2.24, 2.45) is 0 Å². The Morgan fingerprint density at radius 1 is 1.26 bits per heavy atom. The number of halogens is 3. The van der Waals surface area contributed by atoms with Gasteiger partial charge in [0.2, 0.25) is 0 Å². The molecule has 3 heterocycles. The normalized spacial score (nSPS) is 18.7. The zero-order chi connectivity index (χ0) is 27.0. The third-order valence-corrected chi connectivity index (χ3v) is 8.06. The average Bonchev–Trinajstić information content (AvgIpc) is 3.49. The van der Waals surface area contributed by atoms with E-state index in [1.165, 1.54) is 18.4 Å². The highest BCUT2D eigenvalue weighted by Crippen LogP contribution is 2.45. The van der Waals surface area contributed by atoms with Crippen LogP contribution in [0.1, 0.15) is 75.0 Å². The van der Waals surface area contributed by atoms with E-state index in [0.717, 1.165) is 40.6 Å². The average molecular weight is 549 g/mol. The molecule has 8 nitrogen and oxygen atoms in total. The molecule has 2 unspecified atom stereocenters. The Labute approximate surface area is 221 Å². The molecule has 0 fully saturated rings. The molecule has 1 aliphatic carbocycles. The zero-order valence-electron chi connectivity index (χ0n) is 20.9. The standard InChI is InChI=1S/C26H27F3N4O4S/c1-3-37-25(35)21-16-9-4-5-10-19(16)38-24(21)32-23(34)17-13-30-33-20(26(27,28)29)12-18(31-22(17)33)14-7-6-8-15(11-14)36-2/h6-8,11,13,18,20,31H,3-5,9-10,12H2,1-2H3,(H,32,34). The number of anilines is 2. The van der Waals surface area contributed by atoms with E-state index in [2.05, 4.69) is 15.7 Å². The molecule has 0 radical (unpaired) electrons. The molecule has 2 aromatic heterocycles. The van der Waals surface area contributed by atoms with Crippen molar-refractivity contribution in [1.29, 1.82) is 0 Å². The van der Waals surface area contributed by atoms with Gasteiger partial charge in [-0.2, -0.15) is 18.3 Å². The van der Waals surface area contributed by atoms with E-state index in [1.54, 1.807) is 31.2 Å². The van der Waals surface area contributed by atoms with E-state index in [-0.39, 0.29) is 24.4 Å². The van der Waals surface area contributed by atoms with Crippen molar-refractivity contribution in [3.8, 4) is 5.75 Å². The Morgan fingerprint density at radius 3 is 2.79 bits per heavy atom. The van der Waals surface area contributed by atoms with Crippen molar-refractivity contribution in [2.75, 3.05) is 24.4 Å². The lowest BCUT2D eigenvalue weighted by molar-refractivity contribution is -0.173. The van der Waals surface area contributed by atoms with Gasteiger partial charge in [-0.15, -0.1) is 11.3 Å². The second kappa shape index (κ2) is 10.3. The summed E-state index contributed by atoms with van der Waals surface area (Å²) in [6.07, 6.45) is -0.363. The van der Waals surface area contributed by atoms with E-state index >= 15 is 0 Å². The summed E-state index contributed by atoms with van der Waals surface area (Å²) >= 11 is 1.31. The number of carbonyl (C=O) groups is 2. The number of fused-ring (bicyclic) bond motifs is 2. The first kappa shape index (κ1) is 26.1. The molecule has 1 amide bonds. The number of rotatable bonds is 6. The summed E-state index contributed by atoms with van der Waals surface area (Å²) in [6, 6.07) is 4.11. The molecule has 2 aliphatic rings. The van der Waals surface area contributed by atoms with Gasteiger partial charge in [-0.25, -0.2) is 9.48 Å². The number of ether oxygens (including phenoxy) is 2. The van der Waals surface area contributed by atoms with Crippen molar-refractivity contribution in [3.63, 3.8) is 0 Å². The Balaban J connectivity index is 1.50. The fraction of sp³-hybridized carbons (Fsp3) is 0.423. The number of nitrogens with one attached hydrogen (secondary N) is 2. The molecule has 5 rings (SSSR count). The predicted octanol–water partition coefficient (Wildman–Crippen LogP) is 5.92. The summed E-state index contributed by atoms with van der Waals surface area (Å²) < 4.78 is 53.6. The summed E-state index contributed by atoms with van der Waals surface area (Å²) in [5.74, 6) is -0.705. The quantitative estimate of drug-likeness (QED) is 0.372. The highest BCUT2D eigenvalue weighted by atomic mass is 32.1. The zero-order valence-corrected chi connectivity index (χ0v) is 21.7. The molecule has 2 atom stereocenters. The topological polar surface area (TPSA) is 94.5 Å². The summed E-state index contributed by atoms with van der Waals surface area (Å²) in [5.41, 5.74) is 1.75. The van der Waals surface area contributed by atoms with Crippen LogP contribution in [0.15, 0.2) is 30.5 Å². The molecule has 1 aliphatic heterocycles. The number of hydrogen-bond donors (Lipinski definition) is 2. The van der Waals surface area contributed by atoms with Gasteiger partial charge in [0.15, 0.2) is 6.04 Å². The fourth-order valence-corrected chi connectivity index (χ4v) is 6.32. The van der Waals surface area contributed by atoms with Crippen molar-refractivity contribution in [2.45, 2.75) is 57.3 Å². The molecular formula is C26H27F3N4O4S. The van der Waals surface area contributed by atoms with Gasteiger partial charge in [-0.05, 0) is 55.9 Å². The highest BCUT2D eigenvalue weighted by Gasteiger charge is 2.47. The Morgan fingerprint density at radius 2 is 2.05 bits per heavy atom. The number of thiophene rings is 1. The van der Waals surface area contributed by atoms with Crippen LogP contribution in [0.3, 0.4) is 0 Å². The molecule has 0 spiro atoms. The maximum absolute atomic E-state index is 14.1. The first-order chi connectivity index (χ1) is 18.2. The second-order valence-electron chi connectivity index (χ2n) is 9.21. The van der Waals surface area contributed by atoms with Crippen LogP contribution in [-0.4, -0.2) is 41.5 Å². The van der Waals surface area contributed by atoms with E-state index in [4.69, 9.17) is 9.47 Å². The first-order valence-electron chi connectivity index (χ1n) is 12.4. The third kappa shape index (κ3) is 4.84. The summed E-state index contributed by atoms with van der Waals surface area (Å²) in [6.45, 7) is 1.89. The van der Waals surface area contributed by atoms with Crippen molar-refractivity contribution in [3.05, 3.63) is 57.6 Å². The number of hydrogen-bond acceptors (Lipinski definition) is 7. The van der Waals surface area contributed by atoms with Crippen LogP contribution in [0.5, 0.6) is 5.75 Å². The Hall–Kier alpha value is -3.54. The number of nitrogens with zero attached hydrogens (tertiary/aromatic N) is 2. The van der Waals surface area contributed by atoms with E-state index in [1.807, 2.05) is 0 Å². The molecule has 2 N–H and O–H groups in total. The predicted molar refractivity (Wildman–Crippen MR) is 136 cm³/mol. The molecular weight excluding hydrogens is 521 g/mol. The largest absolute Gasteiger partial charge is 0.497 e. The van der Waals surface area contributed by atoms with Crippen LogP contribution in [0.25, 0.3) is 0 Å². The van der Waals surface area contributed by atoms with Crippen LogP contribution in [-0.2, 0) is 17.6 Å². The lowest BCUT2D eigenvalue weighted by Gasteiger charge is -2.34. The number of amides is 1. The molecule has 0 saturated carbocycles. The number of methoxy groups -OCH3 is 1. The van der Waals surface area contributed by atoms with Gasteiger partial charge in [-0.1, -0.05) is 12.1 Å². The van der Waals surface area contributed by atoms with Gasteiger partial charge in [0.1, 0.15) is 22.1 Å². The Bertz CT molecular complexity index is 1370. The molecule has 1 aromatic carbocycles. The minimum atomic E-state index is -4.59. The van der Waals surface area contributed by atoms with Gasteiger partial charge in [0, 0.05) is 11.3 Å². The number of aromatic nitrogens is 2. The van der Waals surface area contributed by atoms with Crippen LogP contribution < -0.4 is 15.4 Å². The smallest absolute Gasteiger partial charge is 0.410 e. The van der Waals surface area contributed by atoms with Gasteiger partial charge in [-0.3, -0.25) is 4.79 Å². The second-order valence-corrected chi connectivity index (χ2v) is 10.3. The van der Waals surface area contributed by atoms with E-state index < -0.39 is 30.1 Å². The maximum Gasteiger partial charge on any atom is 0.410 e. The van der Waals surface area contributed by atoms with Gasteiger partial charge in [0.25, 0.3) is 5.91 Å². The monoisotopic (exact) mass is 548 g/mol. The number of alkyl halides is 3. The number of esters is 1. The summed E-state index contributed by atoms with van der Waals surface area (Å²) in [5, 5.41) is 10.1. The molecule has 12 heteroatoms. The highest BCUT2D eigenvalue weighted by molar-refractivity contribution is 7.17. The van der Waals surface area contributed by atoms with E-state index in [9.17, 15) is 22.8 Å². The lowest BCUT2D eigenvalue weighted by atomic mass is 9.95. The van der Waals surface area contributed by atoms with E-state index in [0.29, 0.717) is 28.3 Å². The van der Waals surface area contributed by atoms with Gasteiger partial charge in [0.05, 0.1) is 31.5 Å². The van der Waals surface area contributed by atoms with Crippen molar-refractivity contribution >= 4 is 34.0 Å². The maximum atomic E-state index is 14.1. The minimum absolute atomic E-state index is 0.0390. The molecule has 202 valence electrons. The molecule has 38 heavy (non-hydrogen) atoms. The van der Waals surface area contributed by atoms with Crippen LogP contribution in [0.4, 0.5) is 24.0 Å². The third-order valence-electron chi connectivity index (χ3n) is 6.86. The first-order valence-corrected chi connectivity index (χ1v) is 13.2. The molecule has 3 aromatic rings. The molecule has 0 saturated heterocycles.